The van der Waals surface area contributed by atoms with E-state index in [1.54, 1.807) is 0 Å². The monoisotopic (exact) mass is 173 g/mol. The van der Waals surface area contributed by atoms with E-state index < -0.39 is 0 Å². The first-order valence-electron chi connectivity index (χ1n) is 4.72. The summed E-state index contributed by atoms with van der Waals surface area (Å²) in [5.74, 6) is 0. The molecule has 0 saturated carbocycles. The van der Waals surface area contributed by atoms with E-state index in [0.717, 1.165) is 32.8 Å². The molecule has 1 atom stereocenters. The third-order valence-electron chi connectivity index (χ3n) is 1.90. The van der Waals surface area contributed by atoms with Crippen LogP contribution in [0.15, 0.2) is 0 Å². The molecule has 1 heterocycles. The third kappa shape index (κ3) is 4.04. The molecule has 1 aliphatic heterocycles. The Kier molecular flexibility index (Phi) is 4.58. The van der Waals surface area contributed by atoms with Crippen LogP contribution in [0.25, 0.3) is 0 Å². The van der Waals surface area contributed by atoms with E-state index in [1.807, 2.05) is 0 Å². The van der Waals surface area contributed by atoms with Crippen LogP contribution in [0, 0.1) is 0 Å². The summed E-state index contributed by atoms with van der Waals surface area (Å²) < 4.78 is 10.8. The lowest BCUT2D eigenvalue weighted by Gasteiger charge is -2.11. The van der Waals surface area contributed by atoms with E-state index in [-0.39, 0.29) is 0 Å². The molecule has 1 saturated heterocycles. The summed E-state index contributed by atoms with van der Waals surface area (Å²) in [4.78, 5) is 0. The minimum absolute atomic E-state index is 0.346. The van der Waals surface area contributed by atoms with Crippen molar-refractivity contribution in [2.75, 3.05) is 26.4 Å². The molecule has 0 spiro atoms. The van der Waals surface area contributed by atoms with Gasteiger partial charge in [0.15, 0.2) is 0 Å². The van der Waals surface area contributed by atoms with Crippen LogP contribution in [0.2, 0.25) is 0 Å². The molecule has 1 rings (SSSR count). The van der Waals surface area contributed by atoms with Gasteiger partial charge >= 0.3 is 0 Å². The van der Waals surface area contributed by atoms with Gasteiger partial charge in [0.1, 0.15) is 0 Å². The van der Waals surface area contributed by atoms with Gasteiger partial charge in [0.25, 0.3) is 0 Å². The SMILES string of the molecule is CC(C)NCCOC1CCOC1. The highest BCUT2D eigenvalue weighted by atomic mass is 16.5. The zero-order valence-corrected chi connectivity index (χ0v) is 8.01. The Balaban J connectivity index is 1.88. The molecule has 1 aliphatic rings. The van der Waals surface area contributed by atoms with Crippen molar-refractivity contribution in [3.63, 3.8) is 0 Å². The molecule has 1 N–H and O–H groups in total. The van der Waals surface area contributed by atoms with Crippen LogP contribution in [-0.2, 0) is 9.47 Å². The first-order chi connectivity index (χ1) is 5.79. The van der Waals surface area contributed by atoms with E-state index >= 15 is 0 Å². The Morgan fingerprint density at radius 2 is 2.42 bits per heavy atom. The summed E-state index contributed by atoms with van der Waals surface area (Å²) in [6, 6.07) is 0.549. The third-order valence-corrected chi connectivity index (χ3v) is 1.90. The van der Waals surface area contributed by atoms with Gasteiger partial charge in [-0.25, -0.2) is 0 Å². The van der Waals surface area contributed by atoms with Crippen LogP contribution in [0.3, 0.4) is 0 Å². The normalized spacial score (nSPS) is 23.8. The zero-order chi connectivity index (χ0) is 8.81. The fourth-order valence-electron chi connectivity index (χ4n) is 1.22. The molecule has 0 radical (unpaired) electrons. The molecule has 12 heavy (non-hydrogen) atoms. The Morgan fingerprint density at radius 1 is 1.58 bits per heavy atom. The molecular weight excluding hydrogens is 154 g/mol. The van der Waals surface area contributed by atoms with Gasteiger partial charge in [-0.05, 0) is 6.42 Å². The van der Waals surface area contributed by atoms with Crippen molar-refractivity contribution >= 4 is 0 Å². The smallest absolute Gasteiger partial charge is 0.0831 e. The van der Waals surface area contributed by atoms with Gasteiger partial charge in [-0.3, -0.25) is 0 Å². The molecule has 3 heteroatoms. The van der Waals surface area contributed by atoms with Gasteiger partial charge in [-0.2, -0.15) is 0 Å². The summed E-state index contributed by atoms with van der Waals surface area (Å²) in [5.41, 5.74) is 0. The van der Waals surface area contributed by atoms with Gasteiger partial charge in [0.2, 0.25) is 0 Å². The van der Waals surface area contributed by atoms with Gasteiger partial charge in [0.05, 0.1) is 19.3 Å². The fraction of sp³-hybridized carbons (Fsp3) is 1.00. The predicted molar refractivity (Wildman–Crippen MR) is 48.3 cm³/mol. The Morgan fingerprint density at radius 3 is 3.00 bits per heavy atom. The van der Waals surface area contributed by atoms with Crippen molar-refractivity contribution in [2.24, 2.45) is 0 Å². The minimum atomic E-state index is 0.346. The Labute approximate surface area is 74.4 Å². The van der Waals surface area contributed by atoms with Crippen LogP contribution < -0.4 is 5.32 Å². The number of rotatable bonds is 5. The number of hydrogen-bond acceptors (Lipinski definition) is 3. The van der Waals surface area contributed by atoms with E-state index in [9.17, 15) is 0 Å². The zero-order valence-electron chi connectivity index (χ0n) is 8.01. The molecule has 0 aromatic heterocycles. The molecule has 1 unspecified atom stereocenters. The number of ether oxygens (including phenoxy) is 2. The van der Waals surface area contributed by atoms with E-state index in [0.29, 0.717) is 12.1 Å². The van der Waals surface area contributed by atoms with Crippen LogP contribution in [0.5, 0.6) is 0 Å². The lowest BCUT2D eigenvalue weighted by atomic mass is 10.3. The highest BCUT2D eigenvalue weighted by Gasteiger charge is 2.15. The maximum Gasteiger partial charge on any atom is 0.0831 e. The van der Waals surface area contributed by atoms with Crippen molar-refractivity contribution in [3.05, 3.63) is 0 Å². The summed E-state index contributed by atoms with van der Waals surface area (Å²) in [7, 11) is 0. The second kappa shape index (κ2) is 5.51. The van der Waals surface area contributed by atoms with Crippen molar-refractivity contribution in [1.29, 1.82) is 0 Å². The number of hydrogen-bond donors (Lipinski definition) is 1. The maximum atomic E-state index is 5.57. The fourth-order valence-corrected chi connectivity index (χ4v) is 1.22. The van der Waals surface area contributed by atoms with E-state index in [4.69, 9.17) is 9.47 Å². The highest BCUT2D eigenvalue weighted by Crippen LogP contribution is 2.06. The summed E-state index contributed by atoms with van der Waals surface area (Å²) >= 11 is 0. The Bertz CT molecular complexity index is 111. The van der Waals surface area contributed by atoms with E-state index in [1.165, 1.54) is 0 Å². The molecule has 0 aromatic rings. The first kappa shape index (κ1) is 9.96. The standard InChI is InChI=1S/C9H19NO2/c1-8(2)10-4-6-12-9-3-5-11-7-9/h8-10H,3-7H2,1-2H3. The lowest BCUT2D eigenvalue weighted by Crippen LogP contribution is -2.28. The topological polar surface area (TPSA) is 30.5 Å². The average Bonchev–Trinajstić information content (AvgIpc) is 2.49. The maximum absolute atomic E-state index is 5.57. The molecule has 0 aromatic carbocycles. The van der Waals surface area contributed by atoms with Crippen LogP contribution in [-0.4, -0.2) is 38.5 Å². The predicted octanol–water partition coefficient (Wildman–Crippen LogP) is 0.790. The van der Waals surface area contributed by atoms with Gasteiger partial charge in [0, 0.05) is 19.2 Å². The summed E-state index contributed by atoms with van der Waals surface area (Å²) in [6.45, 7) is 7.65. The molecule has 72 valence electrons. The lowest BCUT2D eigenvalue weighted by molar-refractivity contribution is 0.0439. The summed E-state index contributed by atoms with van der Waals surface area (Å²) in [6.07, 6.45) is 1.40. The van der Waals surface area contributed by atoms with E-state index in [2.05, 4.69) is 19.2 Å². The summed E-state index contributed by atoms with van der Waals surface area (Å²) in [5, 5.41) is 3.30. The molecule has 0 bridgehead atoms. The minimum Gasteiger partial charge on any atom is -0.379 e. The molecular formula is C9H19NO2. The average molecular weight is 173 g/mol. The van der Waals surface area contributed by atoms with Crippen LogP contribution in [0.1, 0.15) is 20.3 Å². The molecule has 3 nitrogen and oxygen atoms in total. The molecule has 1 fully saturated rings. The Hall–Kier alpha value is -0.120. The quantitative estimate of drug-likeness (QED) is 0.623. The van der Waals surface area contributed by atoms with Gasteiger partial charge in [-0.15, -0.1) is 0 Å². The van der Waals surface area contributed by atoms with Crippen molar-refractivity contribution < 1.29 is 9.47 Å². The second-order valence-electron chi connectivity index (χ2n) is 3.47. The highest BCUT2D eigenvalue weighted by molar-refractivity contribution is 4.63. The van der Waals surface area contributed by atoms with Crippen molar-refractivity contribution in [2.45, 2.75) is 32.4 Å². The van der Waals surface area contributed by atoms with Crippen LogP contribution in [0.4, 0.5) is 0 Å². The largest absolute Gasteiger partial charge is 0.379 e. The van der Waals surface area contributed by atoms with Crippen molar-refractivity contribution in [3.8, 4) is 0 Å². The van der Waals surface area contributed by atoms with Crippen LogP contribution >= 0.6 is 0 Å². The van der Waals surface area contributed by atoms with Gasteiger partial charge in [-0.1, -0.05) is 13.8 Å². The first-order valence-corrected chi connectivity index (χ1v) is 4.72. The second-order valence-corrected chi connectivity index (χ2v) is 3.47. The number of nitrogens with one attached hydrogen (secondary N) is 1. The molecule has 0 amide bonds. The van der Waals surface area contributed by atoms with Gasteiger partial charge < -0.3 is 14.8 Å². The molecule has 0 aliphatic carbocycles. The van der Waals surface area contributed by atoms with Crippen molar-refractivity contribution in [1.82, 2.24) is 5.32 Å².